The molecule has 0 saturated carbocycles. The normalized spacial score (nSPS) is 10.8. The quantitative estimate of drug-likeness (QED) is 0.717. The second-order valence-corrected chi connectivity index (χ2v) is 5.13. The molecule has 0 aliphatic rings. The molecular weight excluding hydrogens is 266 g/mol. The minimum atomic E-state index is 0.641. The fraction of sp³-hybridized carbons (Fsp3) is 0.286. The van der Waals surface area contributed by atoms with Gasteiger partial charge in [0, 0.05) is 33.4 Å². The molecule has 0 N–H and O–H groups in total. The molecule has 21 heavy (non-hydrogen) atoms. The van der Waals surface area contributed by atoms with Crippen LogP contribution in [-0.2, 0) is 6.54 Å². The van der Waals surface area contributed by atoms with Crippen molar-refractivity contribution in [2.45, 2.75) is 6.54 Å². The van der Waals surface area contributed by atoms with E-state index >= 15 is 0 Å². The molecule has 3 aromatic rings. The minimum absolute atomic E-state index is 0.641. The third kappa shape index (κ3) is 2.76. The number of fused-ring (bicyclic) bond motifs is 1. The van der Waals surface area contributed by atoms with E-state index in [0.717, 1.165) is 12.4 Å². The first-order valence-electron chi connectivity index (χ1n) is 6.66. The van der Waals surface area contributed by atoms with Crippen molar-refractivity contribution in [1.82, 2.24) is 25.3 Å². The number of aromatic nitrogens is 5. The number of hydrogen-bond acceptors (Lipinski definition) is 6. The van der Waals surface area contributed by atoms with Crippen LogP contribution in [0.2, 0.25) is 0 Å². The smallest absolute Gasteiger partial charge is 0.200 e. The Morgan fingerprint density at radius 3 is 2.48 bits per heavy atom. The molecule has 0 aliphatic heterocycles. The fourth-order valence-electron chi connectivity index (χ4n) is 2.10. The molecule has 0 spiro atoms. The van der Waals surface area contributed by atoms with Crippen LogP contribution in [0.15, 0.2) is 36.4 Å². The summed E-state index contributed by atoms with van der Waals surface area (Å²) >= 11 is 0. The predicted octanol–water partition coefficient (Wildman–Crippen LogP) is 1.22. The lowest BCUT2D eigenvalue weighted by Gasteiger charge is -2.18. The summed E-state index contributed by atoms with van der Waals surface area (Å²) in [5.41, 5.74) is 3.05. The van der Waals surface area contributed by atoms with Gasteiger partial charge in [0.1, 0.15) is 0 Å². The highest BCUT2D eigenvalue weighted by atomic mass is 15.6. The Morgan fingerprint density at radius 1 is 1.00 bits per heavy atom. The Morgan fingerprint density at radius 2 is 1.76 bits per heavy atom. The summed E-state index contributed by atoms with van der Waals surface area (Å²) in [6, 6.07) is 12.2. The van der Waals surface area contributed by atoms with Crippen LogP contribution in [0.3, 0.4) is 0 Å². The molecular formula is C14H17N7. The van der Waals surface area contributed by atoms with Crippen LogP contribution in [0.4, 0.5) is 11.5 Å². The summed E-state index contributed by atoms with van der Waals surface area (Å²) in [7, 11) is 6.07. The summed E-state index contributed by atoms with van der Waals surface area (Å²) in [5, 5.41) is 15.6. The van der Waals surface area contributed by atoms with Gasteiger partial charge in [0.15, 0.2) is 11.5 Å². The van der Waals surface area contributed by atoms with Gasteiger partial charge in [-0.3, -0.25) is 0 Å². The number of hydrogen-bond donors (Lipinski definition) is 0. The Hall–Kier alpha value is -2.70. The number of anilines is 2. The fourth-order valence-corrected chi connectivity index (χ4v) is 2.10. The molecule has 0 atom stereocenters. The van der Waals surface area contributed by atoms with Gasteiger partial charge >= 0.3 is 0 Å². The Labute approximate surface area is 122 Å². The highest BCUT2D eigenvalue weighted by molar-refractivity contribution is 5.48. The number of benzene rings is 1. The van der Waals surface area contributed by atoms with Gasteiger partial charge in [-0.1, -0.05) is 12.1 Å². The van der Waals surface area contributed by atoms with Gasteiger partial charge in [0.25, 0.3) is 0 Å². The van der Waals surface area contributed by atoms with E-state index in [0.29, 0.717) is 5.65 Å². The van der Waals surface area contributed by atoms with Crippen LogP contribution < -0.4 is 9.80 Å². The molecule has 2 aromatic heterocycles. The van der Waals surface area contributed by atoms with E-state index in [9.17, 15) is 0 Å². The van der Waals surface area contributed by atoms with E-state index in [1.165, 1.54) is 15.9 Å². The third-order valence-corrected chi connectivity index (χ3v) is 3.32. The molecule has 0 unspecified atom stereocenters. The zero-order valence-corrected chi connectivity index (χ0v) is 12.3. The van der Waals surface area contributed by atoms with Crippen molar-refractivity contribution in [3.63, 3.8) is 0 Å². The average Bonchev–Trinajstić information content (AvgIpc) is 2.95. The first-order valence-corrected chi connectivity index (χ1v) is 6.66. The predicted molar refractivity (Wildman–Crippen MR) is 81.5 cm³/mol. The van der Waals surface area contributed by atoms with E-state index in [4.69, 9.17) is 0 Å². The van der Waals surface area contributed by atoms with E-state index in [1.807, 2.05) is 33.3 Å². The van der Waals surface area contributed by atoms with E-state index in [-0.39, 0.29) is 0 Å². The van der Waals surface area contributed by atoms with Crippen molar-refractivity contribution >= 4 is 17.2 Å². The summed E-state index contributed by atoms with van der Waals surface area (Å²) in [4.78, 5) is 4.15. The van der Waals surface area contributed by atoms with Crippen LogP contribution in [0, 0.1) is 0 Å². The monoisotopic (exact) mass is 283 g/mol. The highest BCUT2D eigenvalue weighted by Crippen LogP contribution is 2.16. The van der Waals surface area contributed by atoms with Crippen LogP contribution in [0.5, 0.6) is 0 Å². The summed E-state index contributed by atoms with van der Waals surface area (Å²) in [6.07, 6.45) is 0. The van der Waals surface area contributed by atoms with Gasteiger partial charge in [0.2, 0.25) is 0 Å². The second kappa shape index (κ2) is 5.35. The van der Waals surface area contributed by atoms with Gasteiger partial charge in [-0.2, -0.15) is 0 Å². The van der Waals surface area contributed by atoms with Crippen LogP contribution >= 0.6 is 0 Å². The average molecular weight is 283 g/mol. The second-order valence-electron chi connectivity index (χ2n) is 5.13. The molecule has 0 radical (unpaired) electrons. The van der Waals surface area contributed by atoms with Crippen molar-refractivity contribution in [2.75, 3.05) is 30.9 Å². The molecule has 0 aliphatic carbocycles. The topological polar surface area (TPSA) is 62.5 Å². The third-order valence-electron chi connectivity index (χ3n) is 3.32. The number of tetrazole rings is 1. The molecule has 3 rings (SSSR count). The maximum atomic E-state index is 4.38. The SMILES string of the molecule is CN(C)c1ccc(CN(C)c2ccc3nnnn3n2)cc1. The minimum Gasteiger partial charge on any atom is -0.378 e. The zero-order chi connectivity index (χ0) is 14.8. The molecule has 7 nitrogen and oxygen atoms in total. The zero-order valence-electron chi connectivity index (χ0n) is 12.3. The van der Waals surface area contributed by atoms with Crippen molar-refractivity contribution in [2.24, 2.45) is 0 Å². The van der Waals surface area contributed by atoms with Crippen LogP contribution in [-0.4, -0.2) is 46.4 Å². The van der Waals surface area contributed by atoms with E-state index in [2.05, 4.69) is 54.7 Å². The maximum Gasteiger partial charge on any atom is 0.200 e. The Bertz CT molecular complexity index is 732. The van der Waals surface area contributed by atoms with Crippen LogP contribution in [0.1, 0.15) is 5.56 Å². The Balaban J connectivity index is 1.77. The summed E-state index contributed by atoms with van der Waals surface area (Å²) in [6.45, 7) is 0.772. The van der Waals surface area contributed by atoms with Gasteiger partial charge < -0.3 is 9.80 Å². The van der Waals surface area contributed by atoms with Gasteiger partial charge in [-0.05, 0) is 40.3 Å². The molecule has 0 amide bonds. The van der Waals surface area contributed by atoms with Crippen molar-refractivity contribution < 1.29 is 0 Å². The lowest BCUT2D eigenvalue weighted by molar-refractivity contribution is 0.720. The summed E-state index contributed by atoms with van der Waals surface area (Å²) < 4.78 is 1.43. The highest BCUT2D eigenvalue weighted by Gasteiger charge is 2.07. The maximum absolute atomic E-state index is 4.38. The van der Waals surface area contributed by atoms with Crippen molar-refractivity contribution in [3.05, 3.63) is 42.0 Å². The van der Waals surface area contributed by atoms with E-state index in [1.54, 1.807) is 0 Å². The number of nitrogens with zero attached hydrogens (tertiary/aromatic N) is 7. The standard InChI is InChI=1S/C14H17N7/c1-19(2)12-6-4-11(5-7-12)10-20(3)14-9-8-13-15-17-18-21(13)16-14/h4-9H,10H2,1-3H3. The number of rotatable bonds is 4. The molecule has 0 bridgehead atoms. The van der Waals surface area contributed by atoms with Crippen LogP contribution in [0.25, 0.3) is 5.65 Å². The van der Waals surface area contributed by atoms with Gasteiger partial charge in [0.05, 0.1) is 0 Å². The first-order chi connectivity index (χ1) is 10.1. The van der Waals surface area contributed by atoms with Gasteiger partial charge in [-0.15, -0.1) is 14.8 Å². The molecule has 108 valence electrons. The van der Waals surface area contributed by atoms with E-state index < -0.39 is 0 Å². The van der Waals surface area contributed by atoms with Gasteiger partial charge in [-0.25, -0.2) is 0 Å². The lowest BCUT2D eigenvalue weighted by atomic mass is 10.2. The molecule has 1 aromatic carbocycles. The van der Waals surface area contributed by atoms with Crippen molar-refractivity contribution in [3.8, 4) is 0 Å². The molecule has 0 saturated heterocycles. The molecule has 0 fully saturated rings. The molecule has 7 heteroatoms. The molecule has 2 heterocycles. The Kier molecular flexibility index (Phi) is 3.39. The lowest BCUT2D eigenvalue weighted by Crippen LogP contribution is -2.19. The summed E-state index contributed by atoms with van der Waals surface area (Å²) in [5.74, 6) is 0.825. The van der Waals surface area contributed by atoms with Crippen molar-refractivity contribution in [1.29, 1.82) is 0 Å². The first kappa shape index (κ1) is 13.3. The largest absolute Gasteiger partial charge is 0.378 e.